The quantitative estimate of drug-likeness (QED) is 0.289. The van der Waals surface area contributed by atoms with Crippen molar-refractivity contribution in [2.45, 2.75) is 31.2 Å². The van der Waals surface area contributed by atoms with Crippen molar-refractivity contribution >= 4 is 51.2 Å². The Kier molecular flexibility index (Phi) is 5.59. The third-order valence-corrected chi connectivity index (χ3v) is 6.79. The van der Waals surface area contributed by atoms with E-state index in [2.05, 4.69) is 20.4 Å². The second kappa shape index (κ2) is 8.68. The van der Waals surface area contributed by atoms with Gasteiger partial charge in [0.25, 0.3) is 0 Å². The number of aromatic nitrogens is 5. The first-order valence-electron chi connectivity index (χ1n) is 10.1. The van der Waals surface area contributed by atoms with Gasteiger partial charge in [-0.1, -0.05) is 42.1 Å². The Bertz CT molecular complexity index is 1440. The molecule has 9 heteroatoms. The van der Waals surface area contributed by atoms with Crippen LogP contribution in [0.15, 0.2) is 59.1 Å². The number of nitrogens with one attached hydrogen (secondary N) is 1. The van der Waals surface area contributed by atoms with E-state index in [1.165, 1.54) is 11.3 Å². The van der Waals surface area contributed by atoms with Crippen LogP contribution in [-0.2, 0) is 17.0 Å². The highest BCUT2D eigenvalue weighted by molar-refractivity contribution is 7.98. The zero-order chi connectivity index (χ0) is 22.1. The number of fused-ring (bicyclic) bond motifs is 3. The van der Waals surface area contributed by atoms with Crippen molar-refractivity contribution in [1.29, 1.82) is 0 Å². The van der Waals surface area contributed by atoms with Gasteiger partial charge in [0, 0.05) is 22.2 Å². The number of carbonyl (C=O) groups excluding carboxylic acids is 1. The molecule has 5 aromatic rings. The number of aryl methyl sites for hydroxylation is 2. The fraction of sp³-hybridized carbons (Fsp3) is 0.174. The first-order valence-corrected chi connectivity index (χ1v) is 12.0. The number of rotatable bonds is 6. The topological polar surface area (TPSA) is 85.1 Å². The Morgan fingerprint density at radius 2 is 1.88 bits per heavy atom. The lowest BCUT2D eigenvalue weighted by Crippen LogP contribution is -2.15. The minimum Gasteiger partial charge on any atom is -0.325 e. The standard InChI is InChI=1S/C23H20N6OS2/c1-14-7-3-5-9-18(14)26-20(30)11-21-25-16(12-31-21)13-32-23-27-19-10-6-4-8-17(19)22-24-15(2)28-29(22)23/h3-10,12H,11,13H2,1-2H3,(H,26,30). The molecule has 160 valence electrons. The summed E-state index contributed by atoms with van der Waals surface area (Å²) in [7, 11) is 0. The van der Waals surface area contributed by atoms with Crippen LogP contribution in [0.25, 0.3) is 16.6 Å². The Labute approximate surface area is 192 Å². The Morgan fingerprint density at radius 1 is 1.06 bits per heavy atom. The van der Waals surface area contributed by atoms with Crippen LogP contribution in [0.4, 0.5) is 5.69 Å². The van der Waals surface area contributed by atoms with Gasteiger partial charge >= 0.3 is 0 Å². The van der Waals surface area contributed by atoms with Crippen LogP contribution in [0.3, 0.4) is 0 Å². The van der Waals surface area contributed by atoms with Crippen molar-refractivity contribution in [3.63, 3.8) is 0 Å². The predicted octanol–water partition coefficient (Wildman–Crippen LogP) is 4.82. The highest BCUT2D eigenvalue weighted by Crippen LogP contribution is 2.27. The number of carbonyl (C=O) groups is 1. The molecule has 3 aromatic heterocycles. The summed E-state index contributed by atoms with van der Waals surface area (Å²) in [6.45, 7) is 3.85. The van der Waals surface area contributed by atoms with Crippen LogP contribution in [0.1, 0.15) is 22.1 Å². The molecule has 7 nitrogen and oxygen atoms in total. The van der Waals surface area contributed by atoms with E-state index < -0.39 is 0 Å². The molecule has 0 aliphatic rings. The fourth-order valence-corrected chi connectivity index (χ4v) is 5.14. The Morgan fingerprint density at radius 3 is 2.75 bits per heavy atom. The summed E-state index contributed by atoms with van der Waals surface area (Å²) in [6, 6.07) is 15.7. The second-order valence-electron chi connectivity index (χ2n) is 7.37. The highest BCUT2D eigenvalue weighted by atomic mass is 32.2. The first-order chi connectivity index (χ1) is 15.6. The molecule has 0 unspecified atom stereocenters. The lowest BCUT2D eigenvalue weighted by atomic mass is 10.2. The molecule has 1 N–H and O–H groups in total. The fourth-order valence-electron chi connectivity index (χ4n) is 3.41. The van der Waals surface area contributed by atoms with E-state index in [1.54, 1.807) is 16.3 Å². The van der Waals surface area contributed by atoms with Gasteiger partial charge in [0.1, 0.15) is 10.8 Å². The summed E-state index contributed by atoms with van der Waals surface area (Å²) in [6.07, 6.45) is 0.254. The summed E-state index contributed by atoms with van der Waals surface area (Å²) in [5.41, 5.74) is 4.48. The average Bonchev–Trinajstić information content (AvgIpc) is 3.39. The number of hydrogen-bond donors (Lipinski definition) is 1. The lowest BCUT2D eigenvalue weighted by molar-refractivity contribution is -0.115. The molecule has 2 aromatic carbocycles. The summed E-state index contributed by atoms with van der Waals surface area (Å²) < 4.78 is 1.80. The molecule has 3 heterocycles. The molecule has 0 saturated carbocycles. The monoisotopic (exact) mass is 460 g/mol. The van der Waals surface area contributed by atoms with E-state index in [9.17, 15) is 4.79 Å². The van der Waals surface area contributed by atoms with Gasteiger partial charge < -0.3 is 5.32 Å². The smallest absolute Gasteiger partial charge is 0.231 e. The number of nitrogens with zero attached hydrogens (tertiary/aromatic N) is 5. The predicted molar refractivity (Wildman–Crippen MR) is 128 cm³/mol. The number of para-hydroxylation sites is 2. The molecule has 0 bridgehead atoms. The van der Waals surface area contributed by atoms with Crippen molar-refractivity contribution in [3.8, 4) is 0 Å². The Hall–Kier alpha value is -3.30. The summed E-state index contributed by atoms with van der Waals surface area (Å²) in [5, 5.41) is 12.0. The molecule has 0 saturated heterocycles. The summed E-state index contributed by atoms with van der Waals surface area (Å²) in [4.78, 5) is 26.4. The van der Waals surface area contributed by atoms with E-state index in [1.807, 2.05) is 67.8 Å². The lowest BCUT2D eigenvalue weighted by Gasteiger charge is -2.06. The number of thiazole rings is 1. The van der Waals surface area contributed by atoms with E-state index >= 15 is 0 Å². The van der Waals surface area contributed by atoms with Gasteiger partial charge in [-0.15, -0.1) is 16.4 Å². The molecular formula is C23H20N6OS2. The van der Waals surface area contributed by atoms with Crippen LogP contribution in [0.5, 0.6) is 0 Å². The minimum absolute atomic E-state index is 0.0659. The van der Waals surface area contributed by atoms with E-state index in [-0.39, 0.29) is 12.3 Å². The summed E-state index contributed by atoms with van der Waals surface area (Å²) >= 11 is 3.06. The van der Waals surface area contributed by atoms with E-state index in [0.717, 1.165) is 43.7 Å². The van der Waals surface area contributed by atoms with Crippen LogP contribution in [-0.4, -0.2) is 30.5 Å². The third kappa shape index (κ3) is 4.21. The van der Waals surface area contributed by atoms with Gasteiger partial charge in [-0.3, -0.25) is 4.79 Å². The van der Waals surface area contributed by atoms with Crippen molar-refractivity contribution in [2.75, 3.05) is 5.32 Å². The molecule has 0 atom stereocenters. The maximum atomic E-state index is 12.4. The maximum absolute atomic E-state index is 12.4. The van der Waals surface area contributed by atoms with Crippen molar-refractivity contribution < 1.29 is 4.79 Å². The largest absolute Gasteiger partial charge is 0.325 e. The molecule has 0 radical (unpaired) electrons. The van der Waals surface area contributed by atoms with Gasteiger partial charge in [0.2, 0.25) is 5.91 Å². The number of anilines is 1. The Balaban J connectivity index is 1.29. The number of amides is 1. The highest BCUT2D eigenvalue weighted by Gasteiger charge is 2.14. The first kappa shape index (κ1) is 20.6. The van der Waals surface area contributed by atoms with Crippen molar-refractivity contribution in [3.05, 3.63) is 76.0 Å². The van der Waals surface area contributed by atoms with Crippen LogP contribution < -0.4 is 5.32 Å². The third-order valence-electron chi connectivity index (χ3n) is 4.93. The molecule has 0 fully saturated rings. The second-order valence-corrected chi connectivity index (χ2v) is 9.25. The van der Waals surface area contributed by atoms with Gasteiger partial charge in [-0.2, -0.15) is 4.52 Å². The number of thioether (sulfide) groups is 1. The molecule has 1 amide bonds. The van der Waals surface area contributed by atoms with Gasteiger partial charge in [-0.05, 0) is 37.6 Å². The summed E-state index contributed by atoms with van der Waals surface area (Å²) in [5.74, 6) is 1.28. The van der Waals surface area contributed by atoms with Gasteiger partial charge in [0.15, 0.2) is 10.8 Å². The zero-order valence-corrected chi connectivity index (χ0v) is 19.2. The van der Waals surface area contributed by atoms with Gasteiger partial charge in [0.05, 0.1) is 17.6 Å². The zero-order valence-electron chi connectivity index (χ0n) is 17.6. The van der Waals surface area contributed by atoms with Crippen LogP contribution in [0, 0.1) is 13.8 Å². The van der Waals surface area contributed by atoms with E-state index in [4.69, 9.17) is 4.98 Å². The van der Waals surface area contributed by atoms with Crippen LogP contribution >= 0.6 is 23.1 Å². The maximum Gasteiger partial charge on any atom is 0.231 e. The molecule has 0 spiro atoms. The van der Waals surface area contributed by atoms with Crippen molar-refractivity contribution in [1.82, 2.24) is 24.6 Å². The molecule has 32 heavy (non-hydrogen) atoms. The molecule has 5 rings (SSSR count). The normalized spacial score (nSPS) is 11.3. The van der Waals surface area contributed by atoms with Gasteiger partial charge in [-0.25, -0.2) is 15.0 Å². The molecule has 0 aliphatic carbocycles. The molecule has 0 aliphatic heterocycles. The number of benzene rings is 2. The minimum atomic E-state index is -0.0659. The van der Waals surface area contributed by atoms with Crippen LogP contribution in [0.2, 0.25) is 0 Å². The average molecular weight is 461 g/mol. The number of hydrogen-bond acceptors (Lipinski definition) is 7. The SMILES string of the molecule is Cc1nc2c3ccccc3nc(SCc3csc(CC(=O)Nc4ccccc4C)n3)n2n1. The molecular weight excluding hydrogens is 440 g/mol. The van der Waals surface area contributed by atoms with Crippen molar-refractivity contribution in [2.24, 2.45) is 0 Å². The van der Waals surface area contributed by atoms with E-state index in [0.29, 0.717) is 11.6 Å².